The molecule has 196 valence electrons. The van der Waals surface area contributed by atoms with Gasteiger partial charge in [-0.2, -0.15) is 4.90 Å². The molecule has 2 aliphatic heterocycles. The molecule has 2 heterocycles. The monoisotopic (exact) mass is 612 g/mol. The minimum Gasteiger partial charge on any atom is -0.507 e. The number of aryl methyl sites for hydroxylation is 2. The number of nitrogens with zero attached hydrogens (tertiary/aromatic N) is 2. The summed E-state index contributed by atoms with van der Waals surface area (Å²) < 4.78 is 4.66. The van der Waals surface area contributed by atoms with E-state index in [0.29, 0.717) is 27.2 Å². The summed E-state index contributed by atoms with van der Waals surface area (Å²) in [7, 11) is 1.08. The van der Waals surface area contributed by atoms with Crippen LogP contribution in [0.15, 0.2) is 23.8 Å². The van der Waals surface area contributed by atoms with Crippen LogP contribution in [0.25, 0.3) is 0 Å². The number of likely N-dealkylation sites (tertiary alicyclic amines) is 2. The lowest BCUT2D eigenvalue weighted by molar-refractivity contribution is -0.140. The van der Waals surface area contributed by atoms with Crippen LogP contribution in [0.4, 0.5) is 4.79 Å². The summed E-state index contributed by atoms with van der Waals surface area (Å²) in [5.74, 6) is -6.22. The number of alkyl halides is 3. The van der Waals surface area contributed by atoms with Crippen molar-refractivity contribution >= 4 is 68.9 Å². The standard InChI is InChI=1S/C25H23BrCl2N2O7/c1-10-6-12(7-11(2)18(10)31)17-13-4-5-14-16(20(33)30(19(14)32)23(36)37-3)15(13)8-24(27)21(34)29(9-26)22(35)25(17,24)28/h4,6-7,14-17,31H,5,8-9H2,1-3H3/t14-,15+,16-,17-,24+,25-/m0/s1. The highest BCUT2D eigenvalue weighted by Crippen LogP contribution is 2.65. The zero-order valence-corrected chi connectivity index (χ0v) is 23.2. The Kier molecular flexibility index (Phi) is 6.05. The number of hydrogen-bond donors (Lipinski definition) is 1. The Morgan fingerprint density at radius 2 is 1.73 bits per heavy atom. The van der Waals surface area contributed by atoms with Crippen molar-refractivity contribution in [1.29, 1.82) is 0 Å². The van der Waals surface area contributed by atoms with Crippen molar-refractivity contribution in [3.63, 3.8) is 0 Å². The number of carbonyl (C=O) groups is 5. The number of phenolic OH excluding ortho intramolecular Hbond substituents is 1. The molecule has 4 aliphatic rings. The molecule has 5 amide bonds. The van der Waals surface area contributed by atoms with Gasteiger partial charge in [-0.15, -0.1) is 23.2 Å². The van der Waals surface area contributed by atoms with Crippen LogP contribution >= 0.6 is 39.1 Å². The van der Waals surface area contributed by atoms with E-state index >= 15 is 0 Å². The maximum absolute atomic E-state index is 13.7. The number of phenols is 1. The first kappa shape index (κ1) is 26.2. The van der Waals surface area contributed by atoms with E-state index in [1.165, 1.54) is 0 Å². The molecule has 1 aromatic carbocycles. The minimum atomic E-state index is -1.93. The molecule has 37 heavy (non-hydrogen) atoms. The fourth-order valence-electron chi connectivity index (χ4n) is 6.55. The minimum absolute atomic E-state index is 0.0794. The molecule has 6 atom stereocenters. The predicted molar refractivity (Wildman–Crippen MR) is 135 cm³/mol. The smallest absolute Gasteiger partial charge is 0.423 e. The van der Waals surface area contributed by atoms with Crippen molar-refractivity contribution in [2.75, 3.05) is 12.6 Å². The molecule has 1 saturated carbocycles. The molecule has 5 rings (SSSR count). The first-order valence-corrected chi connectivity index (χ1v) is 13.5. The maximum Gasteiger partial charge on any atom is 0.423 e. The van der Waals surface area contributed by atoms with Crippen LogP contribution in [0.2, 0.25) is 0 Å². The molecule has 0 unspecified atom stereocenters. The van der Waals surface area contributed by atoms with E-state index in [9.17, 15) is 29.1 Å². The quantitative estimate of drug-likeness (QED) is 0.235. The third-order valence-corrected chi connectivity index (χ3v) is 10.1. The Labute approximate surface area is 230 Å². The van der Waals surface area contributed by atoms with Crippen molar-refractivity contribution in [2.45, 2.75) is 42.4 Å². The van der Waals surface area contributed by atoms with Gasteiger partial charge in [-0.3, -0.25) is 24.1 Å². The predicted octanol–water partition coefficient (Wildman–Crippen LogP) is 3.49. The average Bonchev–Trinajstić information content (AvgIpc) is 3.19. The number of ether oxygens (including phenoxy) is 1. The Hall–Kier alpha value is -2.43. The first-order chi connectivity index (χ1) is 17.3. The van der Waals surface area contributed by atoms with E-state index in [4.69, 9.17) is 23.2 Å². The molecule has 2 saturated heterocycles. The molecular formula is C25H23BrCl2N2O7. The number of rotatable bonds is 2. The number of amides is 5. The number of allylic oxidation sites excluding steroid dienone is 2. The molecule has 0 radical (unpaired) electrons. The van der Waals surface area contributed by atoms with Crippen molar-refractivity contribution in [3.05, 3.63) is 40.5 Å². The van der Waals surface area contributed by atoms with Crippen molar-refractivity contribution in [3.8, 4) is 5.75 Å². The van der Waals surface area contributed by atoms with Crippen LogP contribution in [-0.4, -0.2) is 66.9 Å². The number of halogens is 3. The second kappa shape index (κ2) is 8.54. The zero-order chi connectivity index (χ0) is 27.2. The summed E-state index contributed by atoms with van der Waals surface area (Å²) in [4.78, 5) is 63.6. The van der Waals surface area contributed by atoms with Gasteiger partial charge in [0.25, 0.3) is 11.8 Å². The highest BCUT2D eigenvalue weighted by Gasteiger charge is 2.76. The number of carbonyl (C=O) groups excluding carboxylic acids is 5. The van der Waals surface area contributed by atoms with Crippen molar-refractivity contribution in [2.24, 2.45) is 17.8 Å². The lowest BCUT2D eigenvalue weighted by Gasteiger charge is -2.50. The molecule has 1 N–H and O–H groups in total. The molecule has 2 aliphatic carbocycles. The summed E-state index contributed by atoms with van der Waals surface area (Å²) in [6, 6.07) is 3.36. The number of imide groups is 4. The van der Waals surface area contributed by atoms with Gasteiger partial charge in [0.05, 0.1) is 24.4 Å². The zero-order valence-electron chi connectivity index (χ0n) is 20.1. The Morgan fingerprint density at radius 3 is 2.30 bits per heavy atom. The number of aromatic hydroxyl groups is 1. The van der Waals surface area contributed by atoms with Crippen LogP contribution in [0.3, 0.4) is 0 Å². The fourth-order valence-corrected chi connectivity index (χ4v) is 7.98. The van der Waals surface area contributed by atoms with Gasteiger partial charge in [0.2, 0.25) is 11.8 Å². The largest absolute Gasteiger partial charge is 0.507 e. The van der Waals surface area contributed by atoms with Crippen LogP contribution in [0.5, 0.6) is 5.75 Å². The number of methoxy groups -OCH3 is 1. The summed E-state index contributed by atoms with van der Waals surface area (Å²) >= 11 is 17.4. The van der Waals surface area contributed by atoms with Crippen LogP contribution < -0.4 is 0 Å². The van der Waals surface area contributed by atoms with Gasteiger partial charge >= 0.3 is 6.09 Å². The number of fused-ring (bicyclic) bond motifs is 4. The normalized spacial score (nSPS) is 34.8. The topological polar surface area (TPSA) is 121 Å². The van der Waals surface area contributed by atoms with E-state index in [1.54, 1.807) is 32.1 Å². The van der Waals surface area contributed by atoms with Gasteiger partial charge < -0.3 is 9.84 Å². The molecule has 9 nitrogen and oxygen atoms in total. The summed E-state index contributed by atoms with van der Waals surface area (Å²) in [6.07, 6.45) is 0.649. The van der Waals surface area contributed by atoms with Crippen LogP contribution in [0, 0.1) is 31.6 Å². The summed E-state index contributed by atoms with van der Waals surface area (Å²) in [5, 5.41) is 10.4. The van der Waals surface area contributed by atoms with Crippen molar-refractivity contribution < 1.29 is 33.8 Å². The van der Waals surface area contributed by atoms with E-state index in [2.05, 4.69) is 20.7 Å². The second-order valence-electron chi connectivity index (χ2n) is 9.97. The van der Waals surface area contributed by atoms with Crippen LogP contribution in [-0.2, 0) is 23.9 Å². The summed E-state index contributed by atoms with van der Waals surface area (Å²) in [6.45, 7) is 3.40. The van der Waals surface area contributed by atoms with Crippen molar-refractivity contribution in [1.82, 2.24) is 9.80 Å². The molecule has 0 bridgehead atoms. The molecule has 0 spiro atoms. The van der Waals surface area contributed by atoms with Gasteiger partial charge in [-0.1, -0.05) is 39.7 Å². The lowest BCUT2D eigenvalue weighted by atomic mass is 9.56. The van der Waals surface area contributed by atoms with Gasteiger partial charge in [-0.05, 0) is 49.3 Å². The van der Waals surface area contributed by atoms with E-state index in [-0.39, 0.29) is 24.0 Å². The Morgan fingerprint density at radius 1 is 1.11 bits per heavy atom. The SMILES string of the molecule is COC(=O)N1C(=O)[C@H]2[C@H](CC=C3[C@H]2C[C@@]2(Cl)C(=O)N(CBr)C(=O)[C@@]2(Cl)[C@H]3c2cc(C)c(O)c(C)c2)C1=O. The first-order valence-electron chi connectivity index (χ1n) is 11.6. The molecule has 1 aromatic rings. The highest BCUT2D eigenvalue weighted by atomic mass is 79.9. The highest BCUT2D eigenvalue weighted by molar-refractivity contribution is 9.09. The third-order valence-electron chi connectivity index (χ3n) is 8.22. The fraction of sp³-hybridized carbons (Fsp3) is 0.480. The summed E-state index contributed by atoms with van der Waals surface area (Å²) in [5.41, 5.74) is 2.08. The molecular weight excluding hydrogens is 591 g/mol. The van der Waals surface area contributed by atoms with Gasteiger partial charge in [0.15, 0.2) is 9.75 Å². The van der Waals surface area contributed by atoms with Gasteiger partial charge in [-0.25, -0.2) is 4.79 Å². The van der Waals surface area contributed by atoms with Gasteiger partial charge in [0.1, 0.15) is 5.75 Å². The number of hydrogen-bond acceptors (Lipinski definition) is 7. The van der Waals surface area contributed by atoms with Crippen LogP contribution in [0.1, 0.15) is 35.4 Å². The average molecular weight is 614 g/mol. The molecule has 3 fully saturated rings. The van der Waals surface area contributed by atoms with Gasteiger partial charge in [0, 0.05) is 5.92 Å². The van der Waals surface area contributed by atoms with E-state index in [1.807, 2.05) is 0 Å². The molecule has 0 aromatic heterocycles. The molecule has 12 heteroatoms. The maximum atomic E-state index is 13.7. The lowest BCUT2D eigenvalue weighted by Crippen LogP contribution is -2.60. The third kappa shape index (κ3) is 3.18. The number of benzene rings is 1. The Bertz CT molecular complexity index is 1310. The second-order valence-corrected chi connectivity index (χ2v) is 11.7. The van der Waals surface area contributed by atoms with E-state index < -0.39 is 63.1 Å². The van der Waals surface area contributed by atoms with E-state index in [0.717, 1.165) is 12.0 Å². The Balaban J connectivity index is 1.74.